The Bertz CT molecular complexity index is 106. The molecule has 2 N–H and O–H groups in total. The molecule has 0 atom stereocenters. The number of nitrogens with zero attached hydrogens (tertiary/aromatic N) is 1. The topological polar surface area (TPSA) is 46.3 Å². The third-order valence-corrected chi connectivity index (χ3v) is 1.96. The molecule has 0 saturated carbocycles. The van der Waals surface area contributed by atoms with Gasteiger partial charge in [0.15, 0.2) is 0 Å². The normalized spacial score (nSPS) is 9.50. The maximum Gasteiger partial charge on any atom is 0.232 e. The van der Waals surface area contributed by atoms with Gasteiger partial charge in [-0.15, -0.1) is 0 Å². The van der Waals surface area contributed by atoms with Crippen LogP contribution in [-0.4, -0.2) is 43.0 Å². The average Bonchev–Trinajstić information content (AvgIpc) is 1.88. The van der Waals surface area contributed by atoms with E-state index in [-0.39, 0.29) is 5.91 Å². The number of carbonyl (C=O) groups excluding carboxylic acids is 1. The van der Waals surface area contributed by atoms with E-state index in [0.717, 1.165) is 5.75 Å². The lowest BCUT2D eigenvalue weighted by atomic mass is 10.6. The van der Waals surface area contributed by atoms with Crippen molar-refractivity contribution in [1.82, 2.24) is 4.90 Å². The Morgan fingerprint density at radius 2 is 2.20 bits per heavy atom. The number of hydrogen-bond donors (Lipinski definition) is 1. The molecule has 0 aliphatic rings. The lowest BCUT2D eigenvalue weighted by molar-refractivity contribution is -0.125. The molecule has 60 valence electrons. The molecule has 0 aromatic rings. The molecule has 0 spiro atoms. The smallest absolute Gasteiger partial charge is 0.232 e. The van der Waals surface area contributed by atoms with Crippen LogP contribution in [-0.2, 0) is 4.79 Å². The summed E-state index contributed by atoms with van der Waals surface area (Å²) in [7, 11) is 3.51. The summed E-state index contributed by atoms with van der Waals surface area (Å²) in [5.74, 6) is 1.56. The molecule has 0 bridgehead atoms. The first-order valence-electron chi connectivity index (χ1n) is 3.16. The summed E-state index contributed by atoms with van der Waals surface area (Å²) < 4.78 is 0. The molecular formula is C6H14N2OS. The Hall–Kier alpha value is -0.220. The van der Waals surface area contributed by atoms with Crippen molar-refractivity contribution in [3.63, 3.8) is 0 Å². The van der Waals surface area contributed by atoms with E-state index in [1.54, 1.807) is 30.8 Å². The number of nitrogens with two attached hydrogens (primary N) is 1. The third kappa shape index (κ3) is 4.64. The fraction of sp³-hybridized carbons (Fsp3) is 0.833. The highest BCUT2D eigenvalue weighted by atomic mass is 32.2. The number of amides is 1. The average molecular weight is 162 g/mol. The lowest BCUT2D eigenvalue weighted by Gasteiger charge is -2.08. The van der Waals surface area contributed by atoms with Gasteiger partial charge < -0.3 is 10.6 Å². The van der Waals surface area contributed by atoms with E-state index in [2.05, 4.69) is 0 Å². The Labute approximate surface area is 65.9 Å². The van der Waals surface area contributed by atoms with Crippen molar-refractivity contribution in [3.8, 4) is 0 Å². The van der Waals surface area contributed by atoms with Gasteiger partial charge in [-0.3, -0.25) is 4.79 Å². The minimum absolute atomic E-state index is 0.151. The fourth-order valence-corrected chi connectivity index (χ4v) is 1.12. The molecule has 0 saturated heterocycles. The molecule has 1 amide bonds. The van der Waals surface area contributed by atoms with Gasteiger partial charge in [0.2, 0.25) is 5.91 Å². The maximum atomic E-state index is 10.9. The lowest BCUT2D eigenvalue weighted by Crippen LogP contribution is -2.24. The summed E-state index contributed by atoms with van der Waals surface area (Å²) in [4.78, 5) is 12.5. The van der Waals surface area contributed by atoms with Crippen molar-refractivity contribution < 1.29 is 4.79 Å². The van der Waals surface area contributed by atoms with E-state index in [0.29, 0.717) is 12.3 Å². The quantitative estimate of drug-likeness (QED) is 0.581. The highest BCUT2D eigenvalue weighted by molar-refractivity contribution is 7.99. The van der Waals surface area contributed by atoms with Crippen molar-refractivity contribution in [1.29, 1.82) is 0 Å². The van der Waals surface area contributed by atoms with Crippen LogP contribution in [0.2, 0.25) is 0 Å². The zero-order valence-corrected chi connectivity index (χ0v) is 7.28. The van der Waals surface area contributed by atoms with Crippen molar-refractivity contribution >= 4 is 17.7 Å². The third-order valence-electron chi connectivity index (χ3n) is 0.987. The monoisotopic (exact) mass is 162 g/mol. The molecule has 0 unspecified atom stereocenters. The molecule has 0 aliphatic heterocycles. The summed E-state index contributed by atoms with van der Waals surface area (Å²) in [5.41, 5.74) is 5.25. The Morgan fingerprint density at radius 3 is 2.60 bits per heavy atom. The molecule has 0 rings (SSSR count). The largest absolute Gasteiger partial charge is 0.348 e. The standard InChI is InChI=1S/C6H14N2OS/c1-8(2)6(9)5-10-4-3-7/h3-5,7H2,1-2H3. The minimum atomic E-state index is 0.151. The predicted octanol–water partition coefficient (Wildman–Crippen LogP) is -0.233. The second kappa shape index (κ2) is 5.56. The minimum Gasteiger partial charge on any atom is -0.348 e. The van der Waals surface area contributed by atoms with Gasteiger partial charge in [0.05, 0.1) is 5.75 Å². The molecular weight excluding hydrogens is 148 g/mol. The summed E-state index contributed by atoms with van der Waals surface area (Å²) in [6.07, 6.45) is 0. The Kier molecular flexibility index (Phi) is 5.43. The molecule has 0 aliphatic carbocycles. The summed E-state index contributed by atoms with van der Waals surface area (Å²) in [6.45, 7) is 0.644. The van der Waals surface area contributed by atoms with Crippen molar-refractivity contribution in [3.05, 3.63) is 0 Å². The van der Waals surface area contributed by atoms with Crippen LogP contribution in [0.5, 0.6) is 0 Å². The van der Waals surface area contributed by atoms with E-state index in [1.165, 1.54) is 0 Å². The Morgan fingerprint density at radius 1 is 1.60 bits per heavy atom. The van der Waals surface area contributed by atoms with Gasteiger partial charge in [0.1, 0.15) is 0 Å². The van der Waals surface area contributed by atoms with Gasteiger partial charge in [-0.2, -0.15) is 11.8 Å². The van der Waals surface area contributed by atoms with E-state index in [9.17, 15) is 4.79 Å². The summed E-state index contributed by atoms with van der Waals surface area (Å²) in [5, 5.41) is 0. The molecule has 0 aromatic carbocycles. The van der Waals surface area contributed by atoms with Gasteiger partial charge in [-0.05, 0) is 0 Å². The van der Waals surface area contributed by atoms with Crippen molar-refractivity contribution in [2.45, 2.75) is 0 Å². The predicted molar refractivity (Wildman–Crippen MR) is 45.1 cm³/mol. The van der Waals surface area contributed by atoms with Gasteiger partial charge in [-0.1, -0.05) is 0 Å². The van der Waals surface area contributed by atoms with E-state index in [4.69, 9.17) is 5.73 Å². The fourth-order valence-electron chi connectivity index (χ4n) is 0.372. The van der Waals surface area contributed by atoms with Crippen molar-refractivity contribution in [2.24, 2.45) is 5.73 Å². The molecule has 0 aromatic heterocycles. The van der Waals surface area contributed by atoms with Crippen LogP contribution in [0.4, 0.5) is 0 Å². The second-order valence-electron chi connectivity index (χ2n) is 2.13. The van der Waals surface area contributed by atoms with Crippen molar-refractivity contribution in [2.75, 3.05) is 32.1 Å². The second-order valence-corrected chi connectivity index (χ2v) is 3.23. The van der Waals surface area contributed by atoms with Crippen LogP contribution < -0.4 is 5.73 Å². The maximum absolute atomic E-state index is 10.9. The van der Waals surface area contributed by atoms with Gasteiger partial charge in [-0.25, -0.2) is 0 Å². The van der Waals surface area contributed by atoms with Gasteiger partial charge in [0, 0.05) is 26.4 Å². The number of carbonyl (C=O) groups is 1. The SMILES string of the molecule is CN(C)C(=O)CSCCN. The van der Waals surface area contributed by atoms with Gasteiger partial charge in [0.25, 0.3) is 0 Å². The van der Waals surface area contributed by atoms with Crippen LogP contribution >= 0.6 is 11.8 Å². The Balaban J connectivity index is 3.22. The highest BCUT2D eigenvalue weighted by Crippen LogP contribution is 1.98. The van der Waals surface area contributed by atoms with Crippen LogP contribution in [0, 0.1) is 0 Å². The molecule has 0 fully saturated rings. The molecule has 10 heavy (non-hydrogen) atoms. The number of hydrogen-bond acceptors (Lipinski definition) is 3. The zero-order chi connectivity index (χ0) is 7.98. The van der Waals surface area contributed by atoms with E-state index >= 15 is 0 Å². The summed E-state index contributed by atoms with van der Waals surface area (Å²) >= 11 is 1.57. The van der Waals surface area contributed by atoms with Crippen LogP contribution in [0.1, 0.15) is 0 Å². The number of thioether (sulfide) groups is 1. The first kappa shape index (κ1) is 9.78. The van der Waals surface area contributed by atoms with Gasteiger partial charge >= 0.3 is 0 Å². The van der Waals surface area contributed by atoms with E-state index in [1.807, 2.05) is 0 Å². The first-order chi connectivity index (χ1) is 4.68. The molecule has 3 nitrogen and oxygen atoms in total. The highest BCUT2D eigenvalue weighted by Gasteiger charge is 2.01. The van der Waals surface area contributed by atoms with Crippen LogP contribution in [0.15, 0.2) is 0 Å². The zero-order valence-electron chi connectivity index (χ0n) is 6.46. The van der Waals surface area contributed by atoms with Crippen LogP contribution in [0.25, 0.3) is 0 Å². The molecule has 0 heterocycles. The van der Waals surface area contributed by atoms with Crippen LogP contribution in [0.3, 0.4) is 0 Å². The summed E-state index contributed by atoms with van der Waals surface area (Å²) in [6, 6.07) is 0. The molecule has 0 radical (unpaired) electrons. The molecule has 4 heteroatoms. The first-order valence-corrected chi connectivity index (χ1v) is 4.32. The van der Waals surface area contributed by atoms with E-state index < -0.39 is 0 Å². The number of rotatable bonds is 4.